The smallest absolute Gasteiger partial charge is 0.325 e. The predicted molar refractivity (Wildman–Crippen MR) is 72.3 cm³/mol. The summed E-state index contributed by atoms with van der Waals surface area (Å²) in [4.78, 5) is 24.9. The number of carbonyl (C=O) groups is 2. The van der Waals surface area contributed by atoms with E-state index in [1.807, 2.05) is 0 Å². The van der Waals surface area contributed by atoms with Crippen molar-refractivity contribution in [2.75, 3.05) is 19.7 Å². The zero-order valence-electron chi connectivity index (χ0n) is 10.8. The molecule has 0 saturated heterocycles. The van der Waals surface area contributed by atoms with Crippen molar-refractivity contribution in [2.24, 2.45) is 0 Å². The van der Waals surface area contributed by atoms with Crippen LogP contribution in [0.3, 0.4) is 0 Å². The normalized spacial score (nSPS) is 10.1. The van der Waals surface area contributed by atoms with Crippen LogP contribution < -0.4 is 0 Å². The van der Waals surface area contributed by atoms with E-state index in [2.05, 4.69) is 15.9 Å². The zero-order valence-corrected chi connectivity index (χ0v) is 12.4. The molecule has 0 bridgehead atoms. The van der Waals surface area contributed by atoms with Crippen molar-refractivity contribution in [1.82, 2.24) is 4.90 Å². The fraction of sp³-hybridized carbons (Fsp3) is 0.385. The van der Waals surface area contributed by atoms with Gasteiger partial charge in [0.2, 0.25) is 0 Å². The van der Waals surface area contributed by atoms with Gasteiger partial charge < -0.3 is 9.64 Å². The van der Waals surface area contributed by atoms with E-state index in [9.17, 15) is 14.0 Å². The summed E-state index contributed by atoms with van der Waals surface area (Å²) < 4.78 is 18.1. The number of rotatable bonds is 5. The number of halogens is 2. The van der Waals surface area contributed by atoms with E-state index >= 15 is 0 Å². The quantitative estimate of drug-likeness (QED) is 0.779. The second-order valence-electron chi connectivity index (χ2n) is 3.75. The number of esters is 1. The van der Waals surface area contributed by atoms with Crippen molar-refractivity contribution in [1.29, 1.82) is 0 Å². The Morgan fingerprint density at radius 3 is 2.58 bits per heavy atom. The molecule has 104 valence electrons. The van der Waals surface area contributed by atoms with Gasteiger partial charge in [-0.15, -0.1) is 0 Å². The molecule has 4 nitrogen and oxygen atoms in total. The van der Waals surface area contributed by atoms with Crippen LogP contribution in [0.25, 0.3) is 0 Å². The molecule has 0 heterocycles. The lowest BCUT2D eigenvalue weighted by molar-refractivity contribution is -0.143. The monoisotopic (exact) mass is 331 g/mol. The molecule has 1 rings (SSSR count). The van der Waals surface area contributed by atoms with E-state index in [0.717, 1.165) is 0 Å². The Balaban J connectivity index is 2.83. The lowest BCUT2D eigenvalue weighted by atomic mass is 10.2. The van der Waals surface area contributed by atoms with Gasteiger partial charge in [-0.2, -0.15) is 0 Å². The highest BCUT2D eigenvalue weighted by Gasteiger charge is 2.18. The van der Waals surface area contributed by atoms with Gasteiger partial charge in [-0.1, -0.05) is 0 Å². The van der Waals surface area contributed by atoms with Crippen LogP contribution in [0.2, 0.25) is 0 Å². The van der Waals surface area contributed by atoms with Gasteiger partial charge in [-0.3, -0.25) is 9.59 Å². The lowest BCUT2D eigenvalue weighted by Gasteiger charge is -2.19. The minimum atomic E-state index is -0.459. The SMILES string of the molecule is CCOC(=O)CN(CC)C(=O)c1ccc(F)c(Br)c1. The van der Waals surface area contributed by atoms with Crippen LogP contribution in [0, 0.1) is 5.82 Å². The zero-order chi connectivity index (χ0) is 14.4. The van der Waals surface area contributed by atoms with Crippen molar-refractivity contribution in [3.05, 3.63) is 34.1 Å². The maximum atomic E-state index is 13.1. The average molecular weight is 332 g/mol. The molecule has 0 spiro atoms. The molecule has 0 saturated carbocycles. The van der Waals surface area contributed by atoms with Crippen LogP contribution in [0.15, 0.2) is 22.7 Å². The van der Waals surface area contributed by atoms with Gasteiger partial charge in [0.15, 0.2) is 0 Å². The van der Waals surface area contributed by atoms with Crippen LogP contribution in [-0.4, -0.2) is 36.5 Å². The van der Waals surface area contributed by atoms with Crippen molar-refractivity contribution in [3.8, 4) is 0 Å². The first-order chi connectivity index (χ1) is 8.99. The van der Waals surface area contributed by atoms with Crippen LogP contribution >= 0.6 is 15.9 Å². The highest BCUT2D eigenvalue weighted by Crippen LogP contribution is 2.18. The Morgan fingerprint density at radius 2 is 2.05 bits per heavy atom. The van der Waals surface area contributed by atoms with Gasteiger partial charge in [0.1, 0.15) is 12.4 Å². The van der Waals surface area contributed by atoms with Crippen LogP contribution in [0.4, 0.5) is 4.39 Å². The number of carbonyl (C=O) groups excluding carboxylic acids is 2. The summed E-state index contributed by atoms with van der Waals surface area (Å²) in [6.45, 7) is 3.99. The summed E-state index contributed by atoms with van der Waals surface area (Å²) in [6.07, 6.45) is 0. The van der Waals surface area contributed by atoms with Gasteiger partial charge in [0.25, 0.3) is 5.91 Å². The Labute approximate surface area is 119 Å². The van der Waals surface area contributed by atoms with Gasteiger partial charge in [0.05, 0.1) is 11.1 Å². The summed E-state index contributed by atoms with van der Waals surface area (Å²) in [7, 11) is 0. The molecule has 1 aromatic carbocycles. The van der Waals surface area contributed by atoms with Crippen LogP contribution in [0.5, 0.6) is 0 Å². The summed E-state index contributed by atoms with van der Waals surface area (Å²) >= 11 is 3.02. The molecule has 1 amide bonds. The highest BCUT2D eigenvalue weighted by molar-refractivity contribution is 9.10. The molecule has 0 N–H and O–H groups in total. The van der Waals surface area contributed by atoms with Crippen molar-refractivity contribution >= 4 is 27.8 Å². The fourth-order valence-corrected chi connectivity index (χ4v) is 1.88. The molecule has 0 atom stereocenters. The molecule has 0 aliphatic carbocycles. The number of hydrogen-bond donors (Lipinski definition) is 0. The Morgan fingerprint density at radius 1 is 1.37 bits per heavy atom. The fourth-order valence-electron chi connectivity index (χ4n) is 1.50. The largest absolute Gasteiger partial charge is 0.465 e. The molecule has 0 unspecified atom stereocenters. The Bertz CT molecular complexity index is 479. The van der Waals surface area contributed by atoms with Gasteiger partial charge in [-0.25, -0.2) is 4.39 Å². The molecule has 0 radical (unpaired) electrons. The number of amides is 1. The van der Waals surface area contributed by atoms with E-state index in [4.69, 9.17) is 4.74 Å². The maximum absolute atomic E-state index is 13.1. The first-order valence-electron chi connectivity index (χ1n) is 5.89. The van der Waals surface area contributed by atoms with Crippen LogP contribution in [0.1, 0.15) is 24.2 Å². The van der Waals surface area contributed by atoms with E-state index in [-0.39, 0.29) is 23.5 Å². The standard InChI is InChI=1S/C13H15BrFNO3/c1-3-16(8-12(17)19-4-2)13(18)9-5-6-11(15)10(14)7-9/h5-7H,3-4,8H2,1-2H3. The topological polar surface area (TPSA) is 46.6 Å². The Kier molecular flexibility index (Phi) is 5.95. The van der Waals surface area contributed by atoms with Gasteiger partial charge in [0, 0.05) is 12.1 Å². The number of likely N-dealkylation sites (N-methyl/N-ethyl adjacent to an activating group) is 1. The second-order valence-corrected chi connectivity index (χ2v) is 4.61. The number of benzene rings is 1. The first kappa shape index (κ1) is 15.6. The third-order valence-electron chi connectivity index (χ3n) is 2.46. The highest BCUT2D eigenvalue weighted by atomic mass is 79.9. The number of ether oxygens (including phenoxy) is 1. The minimum Gasteiger partial charge on any atom is -0.465 e. The van der Waals surface area contributed by atoms with E-state index in [1.54, 1.807) is 13.8 Å². The summed E-state index contributed by atoms with van der Waals surface area (Å²) in [5.74, 6) is -1.24. The van der Waals surface area contributed by atoms with E-state index in [1.165, 1.54) is 23.1 Å². The van der Waals surface area contributed by atoms with Gasteiger partial charge in [-0.05, 0) is 48.0 Å². The second kappa shape index (κ2) is 7.23. The number of hydrogen-bond acceptors (Lipinski definition) is 3. The average Bonchev–Trinajstić information content (AvgIpc) is 2.38. The Hall–Kier alpha value is -1.43. The molecule has 0 fully saturated rings. The van der Waals surface area contributed by atoms with E-state index in [0.29, 0.717) is 12.1 Å². The predicted octanol–water partition coefficient (Wildman–Crippen LogP) is 2.61. The molecule has 0 aliphatic heterocycles. The van der Waals surface area contributed by atoms with Crippen molar-refractivity contribution in [2.45, 2.75) is 13.8 Å². The van der Waals surface area contributed by atoms with E-state index < -0.39 is 11.8 Å². The van der Waals surface area contributed by atoms with Crippen molar-refractivity contribution in [3.63, 3.8) is 0 Å². The summed E-state index contributed by atoms with van der Waals surface area (Å²) in [5.41, 5.74) is 0.319. The molecule has 6 heteroatoms. The van der Waals surface area contributed by atoms with Gasteiger partial charge >= 0.3 is 5.97 Å². The number of nitrogens with zero attached hydrogens (tertiary/aromatic N) is 1. The maximum Gasteiger partial charge on any atom is 0.325 e. The third kappa shape index (κ3) is 4.31. The first-order valence-corrected chi connectivity index (χ1v) is 6.68. The van der Waals surface area contributed by atoms with Crippen molar-refractivity contribution < 1.29 is 18.7 Å². The molecular formula is C13H15BrFNO3. The molecule has 19 heavy (non-hydrogen) atoms. The van der Waals surface area contributed by atoms with Crippen LogP contribution in [-0.2, 0) is 9.53 Å². The third-order valence-corrected chi connectivity index (χ3v) is 3.07. The molecular weight excluding hydrogens is 317 g/mol. The lowest BCUT2D eigenvalue weighted by Crippen LogP contribution is -2.36. The minimum absolute atomic E-state index is 0.113. The molecule has 0 aliphatic rings. The molecule has 1 aromatic rings. The summed E-state index contributed by atoms with van der Waals surface area (Å²) in [5, 5.41) is 0. The molecule has 0 aromatic heterocycles. The summed E-state index contributed by atoms with van der Waals surface area (Å²) in [6, 6.07) is 3.98.